The minimum Gasteiger partial charge on any atom is -0.484 e. The quantitative estimate of drug-likeness (QED) is 0.780. The Morgan fingerprint density at radius 2 is 1.79 bits per heavy atom. The van der Waals surface area contributed by atoms with E-state index in [1.165, 1.54) is 0 Å². The lowest BCUT2D eigenvalue weighted by atomic mass is 10.2. The number of amides is 1. The number of carbonyl (C=O) groups excluding carboxylic acids is 1. The third-order valence-electron chi connectivity index (χ3n) is 3.88. The van der Waals surface area contributed by atoms with E-state index in [9.17, 15) is 4.79 Å². The van der Waals surface area contributed by atoms with Crippen LogP contribution in [-0.2, 0) is 4.79 Å². The van der Waals surface area contributed by atoms with Crippen molar-refractivity contribution in [3.05, 3.63) is 52.8 Å². The molecule has 1 aromatic carbocycles. The highest BCUT2D eigenvalue weighted by molar-refractivity contribution is 6.30. The van der Waals surface area contributed by atoms with Gasteiger partial charge in [0, 0.05) is 43.1 Å². The Morgan fingerprint density at radius 3 is 2.46 bits per heavy atom. The number of rotatable bonds is 4. The lowest BCUT2D eigenvalue weighted by Gasteiger charge is -2.36. The van der Waals surface area contributed by atoms with E-state index in [1.54, 1.807) is 30.5 Å². The van der Waals surface area contributed by atoms with Gasteiger partial charge in [-0.3, -0.25) is 4.79 Å². The smallest absolute Gasteiger partial charge is 0.260 e. The van der Waals surface area contributed by atoms with Gasteiger partial charge in [-0.25, -0.2) is 4.98 Å². The molecule has 0 aliphatic carbocycles. The van der Waals surface area contributed by atoms with Gasteiger partial charge in [0.05, 0.1) is 0 Å². The lowest BCUT2D eigenvalue weighted by Crippen LogP contribution is -2.50. The SMILES string of the molecule is O=C(COc1ccc(Cl)cc1)N1CCN(c2ccnc(Cl)c2)CC1. The van der Waals surface area contributed by atoms with Crippen LogP contribution in [-0.4, -0.2) is 48.6 Å². The summed E-state index contributed by atoms with van der Waals surface area (Å²) in [5.74, 6) is 0.621. The third kappa shape index (κ3) is 4.30. The van der Waals surface area contributed by atoms with Crippen LogP contribution in [0.3, 0.4) is 0 Å². The predicted molar refractivity (Wildman–Crippen MR) is 95.0 cm³/mol. The summed E-state index contributed by atoms with van der Waals surface area (Å²) in [7, 11) is 0. The van der Waals surface area contributed by atoms with Gasteiger partial charge in [0.15, 0.2) is 6.61 Å². The number of anilines is 1. The first kappa shape index (κ1) is 16.9. The van der Waals surface area contributed by atoms with Gasteiger partial charge >= 0.3 is 0 Å². The Bertz CT molecular complexity index is 701. The number of benzene rings is 1. The average molecular weight is 366 g/mol. The van der Waals surface area contributed by atoms with Gasteiger partial charge in [0.25, 0.3) is 5.91 Å². The molecule has 0 unspecified atom stereocenters. The molecule has 24 heavy (non-hydrogen) atoms. The van der Waals surface area contributed by atoms with Gasteiger partial charge in [-0.2, -0.15) is 0 Å². The lowest BCUT2D eigenvalue weighted by molar-refractivity contribution is -0.133. The van der Waals surface area contributed by atoms with Crippen molar-refractivity contribution >= 4 is 34.8 Å². The van der Waals surface area contributed by atoms with E-state index in [-0.39, 0.29) is 12.5 Å². The van der Waals surface area contributed by atoms with E-state index in [0.29, 0.717) is 29.0 Å². The first-order valence-corrected chi connectivity index (χ1v) is 8.40. The molecule has 126 valence electrons. The Balaban J connectivity index is 1.49. The maximum atomic E-state index is 12.3. The van der Waals surface area contributed by atoms with E-state index in [4.69, 9.17) is 27.9 Å². The molecule has 3 rings (SSSR count). The first-order chi connectivity index (χ1) is 11.6. The molecule has 7 heteroatoms. The van der Waals surface area contributed by atoms with E-state index < -0.39 is 0 Å². The summed E-state index contributed by atoms with van der Waals surface area (Å²) in [5, 5.41) is 1.11. The zero-order valence-corrected chi connectivity index (χ0v) is 14.5. The largest absolute Gasteiger partial charge is 0.484 e. The van der Waals surface area contributed by atoms with Crippen molar-refractivity contribution in [2.75, 3.05) is 37.7 Å². The molecule has 0 N–H and O–H groups in total. The fraction of sp³-hybridized carbons (Fsp3) is 0.294. The molecule has 1 amide bonds. The van der Waals surface area contributed by atoms with Gasteiger partial charge in [0.2, 0.25) is 0 Å². The highest BCUT2D eigenvalue weighted by Gasteiger charge is 2.21. The number of carbonyl (C=O) groups is 1. The third-order valence-corrected chi connectivity index (χ3v) is 4.34. The second-order valence-corrected chi connectivity index (χ2v) is 6.27. The number of hydrogen-bond donors (Lipinski definition) is 0. The summed E-state index contributed by atoms with van der Waals surface area (Å²) < 4.78 is 5.51. The minimum atomic E-state index is -0.0163. The molecule has 0 atom stereocenters. The molecular weight excluding hydrogens is 349 g/mol. The van der Waals surface area contributed by atoms with Crippen LogP contribution in [0.1, 0.15) is 0 Å². The number of hydrogen-bond acceptors (Lipinski definition) is 4. The molecule has 5 nitrogen and oxygen atoms in total. The molecule has 2 heterocycles. The van der Waals surface area contributed by atoms with Crippen LogP contribution in [0.2, 0.25) is 10.2 Å². The van der Waals surface area contributed by atoms with Crippen LogP contribution < -0.4 is 9.64 Å². The maximum absolute atomic E-state index is 12.3. The molecule has 1 fully saturated rings. The molecule has 0 spiro atoms. The van der Waals surface area contributed by atoms with Crippen molar-refractivity contribution in [2.24, 2.45) is 0 Å². The maximum Gasteiger partial charge on any atom is 0.260 e. The molecule has 1 saturated heterocycles. The van der Waals surface area contributed by atoms with Gasteiger partial charge < -0.3 is 14.5 Å². The Morgan fingerprint density at radius 1 is 1.08 bits per heavy atom. The summed E-state index contributed by atoms with van der Waals surface area (Å²) >= 11 is 11.7. The highest BCUT2D eigenvalue weighted by atomic mass is 35.5. The van der Waals surface area contributed by atoms with Crippen molar-refractivity contribution in [1.82, 2.24) is 9.88 Å². The van der Waals surface area contributed by atoms with Crippen LogP contribution in [0.25, 0.3) is 0 Å². The normalized spacial score (nSPS) is 14.6. The standard InChI is InChI=1S/C17H17Cl2N3O2/c18-13-1-3-15(4-2-13)24-12-17(23)22-9-7-21(8-10-22)14-5-6-20-16(19)11-14/h1-6,11H,7-10,12H2. The number of ether oxygens (including phenoxy) is 1. The van der Waals surface area contributed by atoms with Crippen molar-refractivity contribution in [2.45, 2.75) is 0 Å². The molecule has 1 aliphatic rings. The number of pyridine rings is 1. The van der Waals surface area contributed by atoms with Gasteiger partial charge in [-0.15, -0.1) is 0 Å². The monoisotopic (exact) mass is 365 g/mol. The van der Waals surface area contributed by atoms with Crippen LogP contribution in [0.15, 0.2) is 42.6 Å². The van der Waals surface area contributed by atoms with Crippen LogP contribution in [0, 0.1) is 0 Å². The highest BCUT2D eigenvalue weighted by Crippen LogP contribution is 2.19. The zero-order valence-electron chi connectivity index (χ0n) is 13.0. The zero-order chi connectivity index (χ0) is 16.9. The van der Waals surface area contributed by atoms with E-state index in [1.807, 2.05) is 17.0 Å². The van der Waals surface area contributed by atoms with E-state index >= 15 is 0 Å². The number of nitrogens with zero attached hydrogens (tertiary/aromatic N) is 3. The minimum absolute atomic E-state index is 0.0163. The summed E-state index contributed by atoms with van der Waals surface area (Å²) in [6.45, 7) is 2.86. The summed E-state index contributed by atoms with van der Waals surface area (Å²) in [5.41, 5.74) is 1.03. The van der Waals surface area contributed by atoms with Crippen LogP contribution in [0.5, 0.6) is 5.75 Å². The summed E-state index contributed by atoms with van der Waals surface area (Å²) in [4.78, 5) is 20.3. The summed E-state index contributed by atoms with van der Waals surface area (Å²) in [6, 6.07) is 10.7. The number of halogens is 2. The Kier molecular flexibility index (Phi) is 5.43. The Hall–Kier alpha value is -1.98. The van der Waals surface area contributed by atoms with Gasteiger partial charge in [-0.05, 0) is 36.4 Å². The molecule has 0 bridgehead atoms. The number of aromatic nitrogens is 1. The Labute approximate surface area is 150 Å². The first-order valence-electron chi connectivity index (χ1n) is 7.64. The van der Waals surface area contributed by atoms with E-state index in [0.717, 1.165) is 18.8 Å². The second-order valence-electron chi connectivity index (χ2n) is 5.45. The fourth-order valence-electron chi connectivity index (χ4n) is 2.57. The number of piperazine rings is 1. The summed E-state index contributed by atoms with van der Waals surface area (Å²) in [6.07, 6.45) is 1.69. The van der Waals surface area contributed by atoms with Crippen molar-refractivity contribution in [3.63, 3.8) is 0 Å². The molecule has 0 radical (unpaired) electrons. The van der Waals surface area contributed by atoms with Crippen molar-refractivity contribution in [3.8, 4) is 5.75 Å². The topological polar surface area (TPSA) is 45.7 Å². The van der Waals surface area contributed by atoms with Crippen LogP contribution >= 0.6 is 23.2 Å². The van der Waals surface area contributed by atoms with E-state index in [2.05, 4.69) is 9.88 Å². The van der Waals surface area contributed by atoms with Gasteiger partial charge in [-0.1, -0.05) is 23.2 Å². The molecule has 1 aromatic heterocycles. The van der Waals surface area contributed by atoms with Crippen LogP contribution in [0.4, 0.5) is 5.69 Å². The van der Waals surface area contributed by atoms with Gasteiger partial charge in [0.1, 0.15) is 10.9 Å². The predicted octanol–water partition coefficient (Wildman–Crippen LogP) is 3.12. The average Bonchev–Trinajstić information content (AvgIpc) is 2.61. The van der Waals surface area contributed by atoms with Crippen molar-refractivity contribution < 1.29 is 9.53 Å². The van der Waals surface area contributed by atoms with Crippen molar-refractivity contribution in [1.29, 1.82) is 0 Å². The second kappa shape index (κ2) is 7.73. The molecule has 1 aliphatic heterocycles. The molecule has 0 saturated carbocycles. The molecular formula is C17H17Cl2N3O2. The molecule has 2 aromatic rings. The fourth-order valence-corrected chi connectivity index (χ4v) is 2.86.